The molecule has 0 bridgehead atoms. The predicted molar refractivity (Wildman–Crippen MR) is 105 cm³/mol. The first-order valence-electron chi connectivity index (χ1n) is 9.93. The van der Waals surface area contributed by atoms with E-state index in [1.807, 2.05) is 4.90 Å². The molecule has 3 nitrogen and oxygen atoms in total. The third-order valence-electron chi connectivity index (χ3n) is 6.32. The van der Waals surface area contributed by atoms with Gasteiger partial charge in [0.25, 0.3) is 0 Å². The van der Waals surface area contributed by atoms with Gasteiger partial charge >= 0.3 is 0 Å². The molecule has 1 amide bonds. The van der Waals surface area contributed by atoms with E-state index < -0.39 is 11.6 Å². The van der Waals surface area contributed by atoms with Crippen LogP contribution in [-0.2, 0) is 11.3 Å². The van der Waals surface area contributed by atoms with Crippen LogP contribution in [0, 0.1) is 24.5 Å². The lowest BCUT2D eigenvalue weighted by Gasteiger charge is -2.39. The molecule has 0 unspecified atom stereocenters. The summed E-state index contributed by atoms with van der Waals surface area (Å²) < 4.78 is 27.7. The van der Waals surface area contributed by atoms with Gasteiger partial charge in [-0.1, -0.05) is 42.0 Å². The number of rotatable bonds is 3. The number of amides is 1. The molecule has 0 spiro atoms. The van der Waals surface area contributed by atoms with Crippen molar-refractivity contribution in [2.24, 2.45) is 5.92 Å². The number of benzene rings is 2. The molecule has 148 valence electrons. The number of hydrogen-bond donors (Lipinski definition) is 0. The Balaban J connectivity index is 1.58. The van der Waals surface area contributed by atoms with E-state index in [1.165, 1.54) is 11.1 Å². The highest BCUT2D eigenvalue weighted by Gasteiger charge is 2.46. The lowest BCUT2D eigenvalue weighted by atomic mass is 9.81. The van der Waals surface area contributed by atoms with Crippen molar-refractivity contribution in [3.8, 4) is 0 Å². The van der Waals surface area contributed by atoms with Gasteiger partial charge in [0.05, 0.1) is 0 Å². The van der Waals surface area contributed by atoms with Gasteiger partial charge in [-0.3, -0.25) is 9.69 Å². The van der Waals surface area contributed by atoms with Crippen molar-refractivity contribution in [3.05, 3.63) is 70.8 Å². The lowest BCUT2D eigenvalue weighted by Crippen LogP contribution is -2.47. The molecule has 2 aliphatic heterocycles. The summed E-state index contributed by atoms with van der Waals surface area (Å²) in [5.74, 6) is -0.856. The second kappa shape index (κ2) is 7.63. The maximum Gasteiger partial charge on any atom is 0.219 e. The average molecular weight is 384 g/mol. The Morgan fingerprint density at radius 3 is 2.68 bits per heavy atom. The summed E-state index contributed by atoms with van der Waals surface area (Å²) in [6, 6.07) is 13.1. The summed E-state index contributed by atoms with van der Waals surface area (Å²) in [7, 11) is 0. The lowest BCUT2D eigenvalue weighted by molar-refractivity contribution is -0.130. The van der Waals surface area contributed by atoms with Gasteiger partial charge in [0, 0.05) is 56.5 Å². The molecule has 0 N–H and O–H groups in total. The van der Waals surface area contributed by atoms with E-state index >= 15 is 0 Å². The van der Waals surface area contributed by atoms with Crippen molar-refractivity contribution < 1.29 is 13.6 Å². The molecule has 3 atom stereocenters. The van der Waals surface area contributed by atoms with Gasteiger partial charge in [-0.2, -0.15) is 0 Å². The first-order valence-corrected chi connectivity index (χ1v) is 9.93. The van der Waals surface area contributed by atoms with Crippen molar-refractivity contribution >= 4 is 5.91 Å². The number of nitrogens with zero attached hydrogens (tertiary/aromatic N) is 2. The fraction of sp³-hybridized carbons (Fsp3) is 0.435. The number of likely N-dealkylation sites (tertiary alicyclic amines) is 2. The molecule has 0 saturated carbocycles. The number of halogens is 2. The topological polar surface area (TPSA) is 23.6 Å². The van der Waals surface area contributed by atoms with Crippen molar-refractivity contribution in [1.29, 1.82) is 0 Å². The molecule has 2 aromatic carbocycles. The van der Waals surface area contributed by atoms with Crippen LogP contribution in [0.1, 0.15) is 36.0 Å². The summed E-state index contributed by atoms with van der Waals surface area (Å²) in [6.07, 6.45) is 0.865. The maximum absolute atomic E-state index is 14.1. The third kappa shape index (κ3) is 3.55. The minimum absolute atomic E-state index is 0.120. The Kier molecular flexibility index (Phi) is 5.19. The fourth-order valence-corrected chi connectivity index (χ4v) is 4.98. The van der Waals surface area contributed by atoms with E-state index in [4.69, 9.17) is 0 Å². The second-order valence-corrected chi connectivity index (χ2v) is 8.16. The minimum Gasteiger partial charge on any atom is -0.339 e. The quantitative estimate of drug-likeness (QED) is 0.795. The van der Waals surface area contributed by atoms with E-state index in [0.29, 0.717) is 18.0 Å². The molecular weight excluding hydrogens is 358 g/mol. The number of hydrogen-bond acceptors (Lipinski definition) is 2. The minimum atomic E-state index is -0.798. The third-order valence-corrected chi connectivity index (χ3v) is 6.32. The predicted octanol–water partition coefficient (Wildman–Crippen LogP) is 4.11. The van der Waals surface area contributed by atoms with Gasteiger partial charge in [-0.05, 0) is 25.0 Å². The molecule has 5 heteroatoms. The van der Waals surface area contributed by atoms with E-state index in [9.17, 15) is 13.6 Å². The van der Waals surface area contributed by atoms with Crippen molar-refractivity contribution in [2.75, 3.05) is 19.6 Å². The molecule has 2 fully saturated rings. The number of piperidine rings is 1. The Hall–Kier alpha value is -2.27. The van der Waals surface area contributed by atoms with Gasteiger partial charge in [-0.15, -0.1) is 0 Å². The first-order chi connectivity index (χ1) is 13.4. The number of fused-ring (bicyclic) bond motifs is 1. The Morgan fingerprint density at radius 2 is 1.93 bits per heavy atom. The van der Waals surface area contributed by atoms with Crippen LogP contribution in [0.5, 0.6) is 0 Å². The highest BCUT2D eigenvalue weighted by atomic mass is 19.2. The Labute approximate surface area is 165 Å². The zero-order valence-electron chi connectivity index (χ0n) is 16.4. The Morgan fingerprint density at radius 1 is 1.14 bits per heavy atom. The molecule has 28 heavy (non-hydrogen) atoms. The SMILES string of the molecule is CC(=O)N1C[C@@H](c2cccc(C)c2)[C@@H]2CN(Cc3cccc(F)c3F)CC[C@@H]21. The second-order valence-electron chi connectivity index (χ2n) is 8.16. The summed E-state index contributed by atoms with van der Waals surface area (Å²) >= 11 is 0. The zero-order chi connectivity index (χ0) is 19.8. The molecule has 2 aliphatic rings. The van der Waals surface area contributed by atoms with Crippen molar-refractivity contribution in [2.45, 2.75) is 38.8 Å². The zero-order valence-corrected chi connectivity index (χ0v) is 16.4. The molecule has 2 saturated heterocycles. The molecule has 0 radical (unpaired) electrons. The van der Waals surface area contributed by atoms with Crippen LogP contribution in [0.25, 0.3) is 0 Å². The van der Waals surface area contributed by atoms with Crippen molar-refractivity contribution in [3.63, 3.8) is 0 Å². The monoisotopic (exact) mass is 384 g/mol. The molecular formula is C23H26F2N2O. The van der Waals surface area contributed by atoms with Gasteiger partial charge in [0.15, 0.2) is 11.6 Å². The van der Waals surface area contributed by atoms with Crippen LogP contribution in [0.4, 0.5) is 8.78 Å². The maximum atomic E-state index is 14.1. The van der Waals surface area contributed by atoms with Crippen LogP contribution in [0.15, 0.2) is 42.5 Å². The van der Waals surface area contributed by atoms with Crippen LogP contribution in [0.3, 0.4) is 0 Å². The van der Waals surface area contributed by atoms with Crippen LogP contribution in [0.2, 0.25) is 0 Å². The number of carbonyl (C=O) groups is 1. The van der Waals surface area contributed by atoms with Crippen LogP contribution >= 0.6 is 0 Å². The molecule has 2 heterocycles. The average Bonchev–Trinajstić information content (AvgIpc) is 3.05. The van der Waals surface area contributed by atoms with Gasteiger partial charge in [-0.25, -0.2) is 8.78 Å². The standard InChI is InChI=1S/C23H26F2N2O/c1-15-5-3-6-17(11-15)19-14-27(16(2)28)22-9-10-26(13-20(19)22)12-18-7-4-8-21(24)23(18)25/h3-8,11,19-20,22H,9-10,12-14H2,1-2H3/t19-,20-,22-/m0/s1. The largest absolute Gasteiger partial charge is 0.339 e. The fourth-order valence-electron chi connectivity index (χ4n) is 4.98. The van der Waals surface area contributed by atoms with Crippen LogP contribution in [-0.4, -0.2) is 41.4 Å². The molecule has 2 aromatic rings. The molecule has 0 aliphatic carbocycles. The van der Waals surface area contributed by atoms with Gasteiger partial charge in [0.2, 0.25) is 5.91 Å². The van der Waals surface area contributed by atoms with Crippen molar-refractivity contribution in [1.82, 2.24) is 9.80 Å². The molecule has 4 rings (SSSR count). The normalized spacial score (nSPS) is 25.0. The van der Waals surface area contributed by atoms with E-state index in [-0.39, 0.29) is 17.9 Å². The van der Waals surface area contributed by atoms with Crippen LogP contribution < -0.4 is 0 Å². The highest BCUT2D eigenvalue weighted by molar-refractivity contribution is 5.74. The molecule has 0 aromatic heterocycles. The number of carbonyl (C=O) groups excluding carboxylic acids is 1. The summed E-state index contributed by atoms with van der Waals surface area (Å²) in [5.41, 5.74) is 2.87. The first kappa shape index (κ1) is 19.1. The van der Waals surface area contributed by atoms with Gasteiger partial charge < -0.3 is 4.90 Å². The van der Waals surface area contributed by atoms with E-state index in [0.717, 1.165) is 32.1 Å². The highest BCUT2D eigenvalue weighted by Crippen LogP contribution is 2.42. The summed E-state index contributed by atoms with van der Waals surface area (Å²) in [4.78, 5) is 16.4. The summed E-state index contributed by atoms with van der Waals surface area (Å²) in [5, 5.41) is 0. The smallest absolute Gasteiger partial charge is 0.219 e. The Bertz CT molecular complexity index is 885. The summed E-state index contributed by atoms with van der Waals surface area (Å²) in [6.45, 7) is 6.41. The number of aryl methyl sites for hydroxylation is 1. The van der Waals surface area contributed by atoms with E-state index in [2.05, 4.69) is 36.1 Å². The van der Waals surface area contributed by atoms with Gasteiger partial charge in [0.1, 0.15) is 0 Å². The van der Waals surface area contributed by atoms with E-state index in [1.54, 1.807) is 19.1 Å².